The van der Waals surface area contributed by atoms with Crippen molar-refractivity contribution in [1.82, 2.24) is 5.32 Å². The molecule has 0 aromatic carbocycles. The molecule has 78 valence electrons. The van der Waals surface area contributed by atoms with Crippen molar-refractivity contribution in [3.05, 3.63) is 0 Å². The van der Waals surface area contributed by atoms with Gasteiger partial charge in [0.15, 0.2) is 0 Å². The molecule has 1 rings (SSSR count). The number of carbonyl (C=O) groups is 2. The fourth-order valence-electron chi connectivity index (χ4n) is 0.935. The predicted octanol–water partition coefficient (Wildman–Crippen LogP) is -0.195. The van der Waals surface area contributed by atoms with Gasteiger partial charge < -0.3 is 11.1 Å². The molecule has 0 saturated heterocycles. The van der Waals surface area contributed by atoms with Crippen LogP contribution in [0.5, 0.6) is 0 Å². The van der Waals surface area contributed by atoms with Gasteiger partial charge in [0.2, 0.25) is 5.91 Å². The first-order valence-electron chi connectivity index (χ1n) is 4.39. The molecule has 0 radical (unpaired) electrons. The topological polar surface area (TPSA) is 84.5 Å². The molecule has 1 aliphatic heterocycles. The highest BCUT2D eigenvalue weighted by atomic mass is 16.2. The highest BCUT2D eigenvalue weighted by Gasteiger charge is 2.42. The van der Waals surface area contributed by atoms with Gasteiger partial charge in [-0.1, -0.05) is 0 Å². The molecule has 0 aliphatic carbocycles. The SMILES string of the molecule is CC(C)(N)C1=NC(=O)C(C)(C)C(=O)N1. The largest absolute Gasteiger partial charge is 0.319 e. The molecule has 0 atom stereocenters. The zero-order valence-corrected chi connectivity index (χ0v) is 8.84. The standard InChI is InChI=1S/C9H15N3O2/c1-8(2)6(13)11-5(9(3,4)10)12-7(8)14/h10H2,1-4H3,(H,11,12,13,14). The lowest BCUT2D eigenvalue weighted by molar-refractivity contribution is -0.139. The minimum absolute atomic E-state index is 0.229. The minimum Gasteiger partial charge on any atom is -0.319 e. The normalized spacial score (nSPS) is 21.6. The Bertz CT molecular complexity index is 323. The molecule has 1 heterocycles. The summed E-state index contributed by atoms with van der Waals surface area (Å²) in [5.41, 5.74) is 3.83. The van der Waals surface area contributed by atoms with E-state index in [4.69, 9.17) is 5.73 Å². The smallest absolute Gasteiger partial charge is 0.262 e. The quantitative estimate of drug-likeness (QED) is 0.571. The number of nitrogens with zero attached hydrogens (tertiary/aromatic N) is 1. The van der Waals surface area contributed by atoms with Crippen LogP contribution in [0.3, 0.4) is 0 Å². The molecule has 5 nitrogen and oxygen atoms in total. The van der Waals surface area contributed by atoms with Crippen molar-refractivity contribution in [3.63, 3.8) is 0 Å². The maximum absolute atomic E-state index is 11.5. The number of hydrogen-bond donors (Lipinski definition) is 2. The van der Waals surface area contributed by atoms with Gasteiger partial charge in [0, 0.05) is 0 Å². The van der Waals surface area contributed by atoms with Gasteiger partial charge in [-0.2, -0.15) is 4.99 Å². The van der Waals surface area contributed by atoms with Gasteiger partial charge in [-0.25, -0.2) is 0 Å². The monoisotopic (exact) mass is 197 g/mol. The lowest BCUT2D eigenvalue weighted by Crippen LogP contribution is -2.58. The van der Waals surface area contributed by atoms with E-state index in [9.17, 15) is 9.59 Å². The summed E-state index contributed by atoms with van der Waals surface area (Å²) in [5.74, 6) is -0.576. The molecule has 2 amide bonds. The Hall–Kier alpha value is -1.23. The molecule has 0 fully saturated rings. The van der Waals surface area contributed by atoms with Crippen LogP contribution in [-0.2, 0) is 9.59 Å². The number of amidine groups is 1. The predicted molar refractivity (Wildman–Crippen MR) is 52.6 cm³/mol. The Morgan fingerprint density at radius 3 is 2.21 bits per heavy atom. The molecular formula is C9H15N3O2. The van der Waals surface area contributed by atoms with E-state index in [2.05, 4.69) is 10.3 Å². The van der Waals surface area contributed by atoms with Gasteiger partial charge in [-0.3, -0.25) is 9.59 Å². The number of nitrogens with one attached hydrogen (secondary N) is 1. The minimum atomic E-state index is -1.09. The van der Waals surface area contributed by atoms with E-state index < -0.39 is 16.9 Å². The van der Waals surface area contributed by atoms with Crippen LogP contribution in [0, 0.1) is 5.41 Å². The molecule has 14 heavy (non-hydrogen) atoms. The molecule has 0 unspecified atom stereocenters. The van der Waals surface area contributed by atoms with Crippen LogP contribution in [0.4, 0.5) is 0 Å². The Labute approximate surface area is 82.8 Å². The van der Waals surface area contributed by atoms with Crippen molar-refractivity contribution in [3.8, 4) is 0 Å². The van der Waals surface area contributed by atoms with Crippen molar-refractivity contribution in [2.45, 2.75) is 33.2 Å². The zero-order chi connectivity index (χ0) is 11.1. The summed E-state index contributed by atoms with van der Waals surface area (Å²) in [4.78, 5) is 26.8. The van der Waals surface area contributed by atoms with Crippen molar-refractivity contribution < 1.29 is 9.59 Å². The summed E-state index contributed by atoms with van der Waals surface area (Å²) in [7, 11) is 0. The summed E-state index contributed by atoms with van der Waals surface area (Å²) in [5, 5.41) is 2.54. The van der Waals surface area contributed by atoms with E-state index in [1.54, 1.807) is 13.8 Å². The highest BCUT2D eigenvalue weighted by molar-refractivity contribution is 6.20. The number of carbonyl (C=O) groups excluding carboxylic acids is 2. The maximum Gasteiger partial charge on any atom is 0.262 e. The molecule has 0 spiro atoms. The summed E-state index contributed by atoms with van der Waals surface area (Å²) >= 11 is 0. The molecule has 0 aromatic rings. The van der Waals surface area contributed by atoms with Gasteiger partial charge in [-0.15, -0.1) is 0 Å². The third-order valence-corrected chi connectivity index (χ3v) is 2.16. The number of aliphatic imine (C=N–C) groups is 1. The number of rotatable bonds is 1. The maximum atomic E-state index is 11.5. The summed E-state index contributed by atoms with van der Waals surface area (Å²) < 4.78 is 0. The Balaban J connectivity index is 3.10. The van der Waals surface area contributed by atoms with E-state index in [0.717, 1.165) is 0 Å². The third kappa shape index (κ3) is 1.68. The summed E-state index contributed by atoms with van der Waals surface area (Å²) in [6.45, 7) is 6.43. The van der Waals surface area contributed by atoms with Crippen molar-refractivity contribution in [1.29, 1.82) is 0 Å². The van der Waals surface area contributed by atoms with Gasteiger partial charge in [-0.05, 0) is 27.7 Å². The molecule has 5 heteroatoms. The van der Waals surface area contributed by atoms with Crippen LogP contribution >= 0.6 is 0 Å². The van der Waals surface area contributed by atoms with Crippen LogP contribution in [0.25, 0.3) is 0 Å². The van der Waals surface area contributed by atoms with Crippen LogP contribution in [0.15, 0.2) is 4.99 Å². The van der Waals surface area contributed by atoms with Crippen LogP contribution in [-0.4, -0.2) is 23.2 Å². The van der Waals surface area contributed by atoms with Crippen LogP contribution in [0.1, 0.15) is 27.7 Å². The van der Waals surface area contributed by atoms with Gasteiger partial charge in [0.05, 0.1) is 5.54 Å². The second kappa shape index (κ2) is 2.88. The van der Waals surface area contributed by atoms with Crippen molar-refractivity contribution in [2.75, 3.05) is 0 Å². The van der Waals surface area contributed by atoms with E-state index >= 15 is 0 Å². The van der Waals surface area contributed by atoms with Crippen molar-refractivity contribution >= 4 is 17.6 Å². The summed E-state index contributed by atoms with van der Waals surface area (Å²) in [6.07, 6.45) is 0. The Kier molecular flexibility index (Phi) is 2.23. The average Bonchev–Trinajstić information content (AvgIpc) is 1.98. The Morgan fingerprint density at radius 1 is 1.36 bits per heavy atom. The Morgan fingerprint density at radius 2 is 1.86 bits per heavy atom. The lowest BCUT2D eigenvalue weighted by atomic mass is 9.88. The molecule has 3 N–H and O–H groups in total. The van der Waals surface area contributed by atoms with Crippen LogP contribution < -0.4 is 11.1 Å². The average molecular weight is 197 g/mol. The molecule has 0 bridgehead atoms. The van der Waals surface area contributed by atoms with E-state index in [1.165, 1.54) is 13.8 Å². The number of amides is 2. The number of nitrogens with two attached hydrogens (primary N) is 1. The lowest BCUT2D eigenvalue weighted by Gasteiger charge is -2.30. The second-order valence-electron chi connectivity index (χ2n) is 4.57. The van der Waals surface area contributed by atoms with Gasteiger partial charge in [0.1, 0.15) is 11.3 Å². The number of hydrogen-bond acceptors (Lipinski definition) is 3. The van der Waals surface area contributed by atoms with Crippen LogP contribution in [0.2, 0.25) is 0 Å². The summed E-state index contributed by atoms with van der Waals surface area (Å²) in [6, 6.07) is 0. The zero-order valence-electron chi connectivity index (χ0n) is 8.84. The fourth-order valence-corrected chi connectivity index (χ4v) is 0.935. The van der Waals surface area contributed by atoms with E-state index in [-0.39, 0.29) is 11.7 Å². The molecular weight excluding hydrogens is 182 g/mol. The first-order valence-corrected chi connectivity index (χ1v) is 4.39. The second-order valence-corrected chi connectivity index (χ2v) is 4.57. The van der Waals surface area contributed by atoms with Gasteiger partial charge in [0.25, 0.3) is 5.91 Å². The first-order chi connectivity index (χ1) is 6.15. The molecule has 0 aromatic heterocycles. The third-order valence-electron chi connectivity index (χ3n) is 2.16. The first kappa shape index (κ1) is 10.8. The fraction of sp³-hybridized carbons (Fsp3) is 0.667. The van der Waals surface area contributed by atoms with Gasteiger partial charge >= 0.3 is 0 Å². The molecule has 1 aliphatic rings. The van der Waals surface area contributed by atoms with Crippen molar-refractivity contribution in [2.24, 2.45) is 16.1 Å². The van der Waals surface area contributed by atoms with E-state index in [1.807, 2.05) is 0 Å². The highest BCUT2D eigenvalue weighted by Crippen LogP contribution is 2.21. The molecule has 0 saturated carbocycles. The van der Waals surface area contributed by atoms with E-state index in [0.29, 0.717) is 0 Å².